The highest BCUT2D eigenvalue weighted by atomic mass is 32.1. The summed E-state index contributed by atoms with van der Waals surface area (Å²) in [7, 11) is 0. The van der Waals surface area contributed by atoms with Gasteiger partial charge in [-0.05, 0) is 36.4 Å². The largest absolute Gasteiger partial charge is 0.372 e. The average molecular weight is 367 g/mol. The monoisotopic (exact) mass is 367 g/mol. The molecule has 0 saturated carbocycles. The molecule has 134 valence electrons. The maximum atomic E-state index is 13.7. The molecule has 1 amide bonds. The van der Waals surface area contributed by atoms with Crippen molar-refractivity contribution in [2.24, 2.45) is 0 Å². The van der Waals surface area contributed by atoms with E-state index in [1.54, 1.807) is 11.3 Å². The molecule has 0 radical (unpaired) electrons. The fraction of sp³-hybridized carbons (Fsp3) is 0.389. The molecule has 1 aliphatic heterocycles. The summed E-state index contributed by atoms with van der Waals surface area (Å²) in [5, 5.41) is 4.48. The Morgan fingerprint density at radius 3 is 2.96 bits per heavy atom. The molecule has 1 aliphatic rings. The van der Waals surface area contributed by atoms with E-state index in [0.717, 1.165) is 49.1 Å². The summed E-state index contributed by atoms with van der Waals surface area (Å²) >= 11 is 1.64. The molecule has 0 aliphatic carbocycles. The second kappa shape index (κ2) is 8.51. The van der Waals surface area contributed by atoms with Crippen molar-refractivity contribution in [1.82, 2.24) is 0 Å². The zero-order valence-corrected chi connectivity index (χ0v) is 14.6. The van der Waals surface area contributed by atoms with Crippen LogP contribution < -0.4 is 10.2 Å². The van der Waals surface area contributed by atoms with Crippen LogP contribution >= 0.6 is 11.3 Å². The second-order valence-corrected chi connectivity index (χ2v) is 7.23. The minimum Gasteiger partial charge on any atom is -0.372 e. The number of carbonyl (C=O) groups excluding carboxylic acids is 1. The summed E-state index contributed by atoms with van der Waals surface area (Å²) in [5.41, 5.74) is -0.127. The Kier molecular flexibility index (Phi) is 6.12. The first-order valence-electron chi connectivity index (χ1n) is 8.32. The summed E-state index contributed by atoms with van der Waals surface area (Å²) in [5.74, 6) is -1.57. The summed E-state index contributed by atoms with van der Waals surface area (Å²) in [6.07, 6.45) is 2.18. The molecule has 7 heteroatoms. The lowest BCUT2D eigenvalue weighted by Crippen LogP contribution is -3.12. The van der Waals surface area contributed by atoms with Gasteiger partial charge in [-0.2, -0.15) is 0 Å². The number of nitrogens with one attached hydrogen (secondary N) is 2. The lowest BCUT2D eigenvalue weighted by atomic mass is 10.2. The van der Waals surface area contributed by atoms with Crippen molar-refractivity contribution in [1.29, 1.82) is 0 Å². The van der Waals surface area contributed by atoms with E-state index in [0.29, 0.717) is 6.54 Å². The topological polar surface area (TPSA) is 42.8 Å². The highest BCUT2D eigenvalue weighted by molar-refractivity contribution is 7.09. The van der Waals surface area contributed by atoms with Crippen LogP contribution in [0.1, 0.15) is 17.7 Å². The Hall–Kier alpha value is -1.83. The molecule has 25 heavy (non-hydrogen) atoms. The Morgan fingerprint density at radius 2 is 2.24 bits per heavy atom. The predicted octanol–water partition coefficient (Wildman–Crippen LogP) is 2.23. The smallest absolute Gasteiger partial charge is 0.279 e. The Bertz CT molecular complexity index is 703. The normalized spacial score (nSPS) is 18.2. The van der Waals surface area contributed by atoms with Crippen LogP contribution in [-0.2, 0) is 16.1 Å². The van der Waals surface area contributed by atoms with E-state index in [2.05, 4.69) is 5.32 Å². The number of carbonyl (C=O) groups is 1. The number of amides is 1. The van der Waals surface area contributed by atoms with Gasteiger partial charge in [0, 0.05) is 12.7 Å². The molecule has 1 fully saturated rings. The summed E-state index contributed by atoms with van der Waals surface area (Å²) in [6.45, 7) is 2.36. The Morgan fingerprint density at radius 1 is 1.36 bits per heavy atom. The number of benzene rings is 1. The lowest BCUT2D eigenvalue weighted by Gasteiger charge is -2.21. The van der Waals surface area contributed by atoms with Crippen molar-refractivity contribution >= 4 is 22.9 Å². The third-order valence-corrected chi connectivity index (χ3v) is 5.03. The molecule has 2 atom stereocenters. The SMILES string of the molecule is O=C(C[NH+](Cc1cccs1)C[C@H]1CCCO1)Nc1cc(F)ccc1F. The molecule has 1 aromatic heterocycles. The Labute approximate surface area is 149 Å². The molecular formula is C18H21F2N2O2S+. The van der Waals surface area contributed by atoms with Gasteiger partial charge in [0.25, 0.3) is 5.91 Å². The van der Waals surface area contributed by atoms with Gasteiger partial charge >= 0.3 is 0 Å². The highest BCUT2D eigenvalue weighted by Crippen LogP contribution is 2.15. The number of hydrogen-bond acceptors (Lipinski definition) is 3. The number of thiophene rings is 1. The average Bonchev–Trinajstić information content (AvgIpc) is 3.25. The second-order valence-electron chi connectivity index (χ2n) is 6.19. The fourth-order valence-electron chi connectivity index (χ4n) is 3.01. The number of quaternary nitrogens is 1. The van der Waals surface area contributed by atoms with Crippen molar-refractivity contribution in [2.75, 3.05) is 25.0 Å². The number of rotatable bonds is 7. The van der Waals surface area contributed by atoms with Crippen molar-refractivity contribution in [3.8, 4) is 0 Å². The predicted molar refractivity (Wildman–Crippen MR) is 92.7 cm³/mol. The lowest BCUT2D eigenvalue weighted by molar-refractivity contribution is -0.908. The van der Waals surface area contributed by atoms with Crippen LogP contribution in [0.5, 0.6) is 0 Å². The van der Waals surface area contributed by atoms with Crippen LogP contribution in [0, 0.1) is 11.6 Å². The molecule has 0 spiro atoms. The first-order valence-corrected chi connectivity index (χ1v) is 9.20. The number of ether oxygens (including phenoxy) is 1. The van der Waals surface area contributed by atoms with E-state index >= 15 is 0 Å². The number of halogens is 2. The van der Waals surface area contributed by atoms with Crippen LogP contribution in [-0.4, -0.2) is 31.7 Å². The summed E-state index contributed by atoms with van der Waals surface area (Å²) in [6, 6.07) is 7.03. The van der Waals surface area contributed by atoms with Gasteiger partial charge in [0.15, 0.2) is 6.54 Å². The van der Waals surface area contributed by atoms with Crippen molar-refractivity contribution in [2.45, 2.75) is 25.5 Å². The standard InChI is InChI=1S/C18H20F2N2O2S/c19-13-5-6-16(20)17(9-13)21-18(23)12-22(10-14-3-1-7-24-14)11-15-4-2-8-25-15/h2,4-6,8-9,14H,1,3,7,10-12H2,(H,21,23)/p+1/t14-/m1/s1. The molecule has 1 unspecified atom stereocenters. The minimum absolute atomic E-state index is 0.127. The first-order chi connectivity index (χ1) is 12.1. The molecule has 2 aromatic rings. The summed E-state index contributed by atoms with van der Waals surface area (Å²) < 4.78 is 32.6. The molecule has 2 N–H and O–H groups in total. The van der Waals surface area contributed by atoms with E-state index in [9.17, 15) is 13.6 Å². The zero-order valence-electron chi connectivity index (χ0n) is 13.8. The maximum absolute atomic E-state index is 13.7. The van der Waals surface area contributed by atoms with Crippen LogP contribution in [0.2, 0.25) is 0 Å². The van der Waals surface area contributed by atoms with E-state index in [1.165, 1.54) is 4.88 Å². The third-order valence-electron chi connectivity index (χ3n) is 4.16. The molecule has 1 aromatic carbocycles. The Balaban J connectivity index is 1.63. The van der Waals surface area contributed by atoms with Gasteiger partial charge in [-0.3, -0.25) is 4.79 Å². The van der Waals surface area contributed by atoms with Gasteiger partial charge in [0.2, 0.25) is 0 Å². The van der Waals surface area contributed by atoms with Crippen LogP contribution in [0.15, 0.2) is 35.7 Å². The van der Waals surface area contributed by atoms with Gasteiger partial charge in [0.1, 0.15) is 30.8 Å². The van der Waals surface area contributed by atoms with E-state index in [1.807, 2.05) is 17.5 Å². The van der Waals surface area contributed by atoms with Gasteiger partial charge in [-0.15, -0.1) is 11.3 Å². The molecule has 3 rings (SSSR count). The van der Waals surface area contributed by atoms with Gasteiger partial charge < -0.3 is 15.0 Å². The molecule has 4 nitrogen and oxygen atoms in total. The molecule has 2 heterocycles. The first kappa shape index (κ1) is 18.0. The highest BCUT2D eigenvalue weighted by Gasteiger charge is 2.24. The van der Waals surface area contributed by atoms with Crippen LogP contribution in [0.4, 0.5) is 14.5 Å². The van der Waals surface area contributed by atoms with E-state index < -0.39 is 11.6 Å². The number of hydrogen-bond donors (Lipinski definition) is 2. The zero-order chi connectivity index (χ0) is 17.6. The van der Waals surface area contributed by atoms with Crippen LogP contribution in [0.25, 0.3) is 0 Å². The molecule has 0 bridgehead atoms. The van der Waals surface area contributed by atoms with Gasteiger partial charge in [-0.1, -0.05) is 6.07 Å². The molecular weight excluding hydrogens is 346 g/mol. The van der Waals surface area contributed by atoms with Crippen molar-refractivity contribution in [3.63, 3.8) is 0 Å². The quantitative estimate of drug-likeness (QED) is 0.788. The molecule has 1 saturated heterocycles. The maximum Gasteiger partial charge on any atom is 0.279 e. The van der Waals surface area contributed by atoms with Crippen LogP contribution in [0.3, 0.4) is 0 Å². The van der Waals surface area contributed by atoms with Crippen molar-refractivity contribution in [3.05, 3.63) is 52.2 Å². The number of anilines is 1. The minimum atomic E-state index is -0.645. The van der Waals surface area contributed by atoms with E-state index in [4.69, 9.17) is 4.74 Å². The fourth-order valence-corrected chi connectivity index (χ4v) is 3.78. The van der Waals surface area contributed by atoms with Gasteiger partial charge in [-0.25, -0.2) is 8.78 Å². The van der Waals surface area contributed by atoms with Gasteiger partial charge in [0.05, 0.1) is 10.6 Å². The van der Waals surface area contributed by atoms with Crippen molar-refractivity contribution < 1.29 is 23.2 Å². The third kappa shape index (κ3) is 5.32. The summed E-state index contributed by atoms with van der Waals surface area (Å²) in [4.78, 5) is 14.6. The van der Waals surface area contributed by atoms with E-state index in [-0.39, 0.29) is 24.2 Å².